The number of hydrogen-bond donors (Lipinski definition) is 3. The third kappa shape index (κ3) is 43.0. The van der Waals surface area contributed by atoms with Gasteiger partial charge in [0.25, 0.3) is 0 Å². The third-order valence-corrected chi connectivity index (χ3v) is 9.43. The summed E-state index contributed by atoms with van der Waals surface area (Å²) in [5, 5.41) is 8.87. The van der Waals surface area contributed by atoms with Crippen molar-refractivity contribution < 1.29 is 28.4 Å². The zero-order valence-corrected chi connectivity index (χ0v) is 33.8. The molecule has 0 spiro atoms. The molecule has 1 amide bonds. The summed E-state index contributed by atoms with van der Waals surface area (Å²) in [6, 6.07) is 0. The molecule has 1 unspecified atom stereocenters. The van der Waals surface area contributed by atoms with Crippen molar-refractivity contribution in [3.8, 4) is 0 Å². The van der Waals surface area contributed by atoms with Crippen molar-refractivity contribution in [3.05, 3.63) is 26.5 Å². The van der Waals surface area contributed by atoms with Crippen LogP contribution in [0, 0.1) is 31.6 Å². The topological polar surface area (TPSA) is 96.0 Å². The Balaban J connectivity index is -0.00000194. The number of nitrogens with one attached hydrogen (secondary N) is 2. The summed E-state index contributed by atoms with van der Waals surface area (Å²) in [5.74, 6) is 0.323. The molecule has 0 aromatic rings. The van der Waals surface area contributed by atoms with E-state index in [1.165, 1.54) is 160 Å². The zero-order valence-electron chi connectivity index (χ0n) is 33.8. The van der Waals surface area contributed by atoms with Crippen LogP contribution in [0.3, 0.4) is 0 Å². The number of nitrogens with two attached hydrogens (primary N) is 1. The Bertz CT molecular complexity index is 701. The Morgan fingerprint density at radius 3 is 1.41 bits per heavy atom. The van der Waals surface area contributed by atoms with Gasteiger partial charge < -0.3 is 37.1 Å². The van der Waals surface area contributed by atoms with Crippen molar-refractivity contribution >= 4 is 18.0 Å². The number of allylic oxidation sites excluding steroid dienone is 2. The van der Waals surface area contributed by atoms with Crippen LogP contribution in [-0.4, -0.2) is 24.6 Å². The van der Waals surface area contributed by atoms with Gasteiger partial charge >= 0.3 is 18.9 Å². The molecule has 0 heterocycles. The van der Waals surface area contributed by atoms with Gasteiger partial charge in [0.2, 0.25) is 5.91 Å². The number of carbonyl (C=O) groups is 2. The second-order valence-corrected chi connectivity index (χ2v) is 14.0. The van der Waals surface area contributed by atoms with E-state index in [0.29, 0.717) is 25.0 Å². The number of ketones is 1. The molecular weight excluding hydrogens is 597 g/mol. The summed E-state index contributed by atoms with van der Waals surface area (Å²) in [5.41, 5.74) is 4.26. The fourth-order valence-corrected chi connectivity index (χ4v) is 6.33. The number of amides is 1. The average Bonchev–Trinajstić information content (AvgIpc) is 3.05. The van der Waals surface area contributed by atoms with E-state index in [9.17, 15) is 9.59 Å². The second kappa shape index (κ2) is 46.9. The van der Waals surface area contributed by atoms with Crippen LogP contribution in [0.25, 0.3) is 0 Å². The molecule has 0 bridgehead atoms. The van der Waals surface area contributed by atoms with E-state index in [0.717, 1.165) is 25.8 Å². The quantitative estimate of drug-likeness (QED) is 0.0118. The van der Waals surface area contributed by atoms with Gasteiger partial charge in [-0.15, -0.1) is 0 Å². The van der Waals surface area contributed by atoms with Crippen molar-refractivity contribution in [2.45, 2.75) is 213 Å². The second-order valence-electron chi connectivity index (χ2n) is 14.0. The Hall–Kier alpha value is -1.05. The number of carbonyl (C=O) groups excluding carboxylic acids is 2. The maximum absolute atomic E-state index is 12.8. The fraction of sp³-hybridized carbons (Fsp3) is 0.837. The first-order valence-corrected chi connectivity index (χ1v) is 20.3. The predicted molar refractivity (Wildman–Crippen MR) is 213 cm³/mol. The molecule has 0 saturated heterocycles. The van der Waals surface area contributed by atoms with Gasteiger partial charge in [-0.05, 0) is 44.4 Å². The fourth-order valence-electron chi connectivity index (χ4n) is 6.33. The Kier molecular flexibility index (Phi) is 52.4. The minimum Gasteiger partial charge on any atom is -0.563 e. The molecule has 0 aliphatic heterocycles. The van der Waals surface area contributed by atoms with Gasteiger partial charge in [-0.1, -0.05) is 168 Å². The number of rotatable bonds is 35. The van der Waals surface area contributed by atoms with Crippen LogP contribution in [0.5, 0.6) is 0 Å². The molecule has 2 atom stereocenters. The number of unbranched alkanes of at least 4 members (excludes halogenated alkanes) is 24. The van der Waals surface area contributed by atoms with Crippen LogP contribution < -0.4 is 29.9 Å². The largest absolute Gasteiger partial charge is 1.00 e. The van der Waals surface area contributed by atoms with Crippen molar-refractivity contribution in [2.24, 2.45) is 17.6 Å². The third-order valence-electron chi connectivity index (χ3n) is 9.43. The standard InChI is InChI=1S/C41H78NO2.CH3N2.CH3.Li/c1-5-8-10-12-14-16-18-20-22-23-25-27-29-31-33-35-39(43)37-38(4)40(7-3)41(44)42-36-34-32-30-28-26-24-21-19-17-15-13-11-9-6-2;2-1-3;;/h20,22,38,40H,3,5-19,21,23-37H2,1-2,4H3,(H,42,44);(H3,2,3);1H3;/q3*-1;+1/b22-20-;;;/t38?,40-;;;/m1.../s1. The number of hydrogen-bond acceptors (Lipinski definition) is 3. The van der Waals surface area contributed by atoms with Crippen molar-refractivity contribution in [1.82, 2.24) is 5.32 Å². The van der Waals surface area contributed by atoms with Gasteiger partial charge in [0.15, 0.2) is 0 Å². The molecule has 49 heavy (non-hydrogen) atoms. The minimum atomic E-state index is -0.153. The molecule has 0 fully saturated rings. The Morgan fingerprint density at radius 1 is 0.673 bits per heavy atom. The smallest absolute Gasteiger partial charge is 0.563 e. The maximum Gasteiger partial charge on any atom is 1.00 e. The monoisotopic (exact) mass is 682 g/mol. The molecular formula is C43H84LiN3O2-2. The summed E-state index contributed by atoms with van der Waals surface area (Å²) in [6.07, 6.45) is 43.3. The van der Waals surface area contributed by atoms with E-state index in [2.05, 4.69) is 50.9 Å². The first kappa shape index (κ1) is 54.7. The molecule has 6 heteroatoms. The van der Waals surface area contributed by atoms with Gasteiger partial charge in [-0.25, -0.2) is 0 Å². The molecule has 0 radical (unpaired) electrons. The van der Waals surface area contributed by atoms with Crippen molar-refractivity contribution in [3.63, 3.8) is 0 Å². The van der Waals surface area contributed by atoms with Crippen molar-refractivity contribution in [1.29, 1.82) is 5.41 Å². The Labute approximate surface area is 320 Å². The summed E-state index contributed by atoms with van der Waals surface area (Å²) in [7, 11) is 0. The van der Waals surface area contributed by atoms with Crippen LogP contribution in [0.1, 0.15) is 213 Å². The minimum absolute atomic E-state index is 0. The van der Waals surface area contributed by atoms with Gasteiger partial charge in [0.05, 0.1) is 0 Å². The van der Waals surface area contributed by atoms with Crippen LogP contribution >= 0.6 is 0 Å². The van der Waals surface area contributed by atoms with E-state index in [4.69, 9.17) is 5.41 Å². The van der Waals surface area contributed by atoms with Crippen LogP contribution in [0.2, 0.25) is 0 Å². The average molecular weight is 682 g/mol. The molecule has 4 N–H and O–H groups in total. The van der Waals surface area contributed by atoms with Crippen LogP contribution in [0.15, 0.2) is 12.2 Å². The first-order valence-electron chi connectivity index (χ1n) is 20.3. The van der Waals surface area contributed by atoms with Crippen molar-refractivity contribution in [2.75, 3.05) is 6.54 Å². The summed E-state index contributed by atoms with van der Waals surface area (Å²) < 4.78 is 0. The summed E-state index contributed by atoms with van der Waals surface area (Å²) in [6.45, 7) is 11.4. The van der Waals surface area contributed by atoms with E-state index in [-0.39, 0.29) is 44.0 Å². The van der Waals surface area contributed by atoms with Gasteiger partial charge in [0, 0.05) is 25.3 Å². The summed E-state index contributed by atoms with van der Waals surface area (Å²) in [4.78, 5) is 25.3. The molecule has 0 aliphatic carbocycles. The SMILES string of the molecule is N=[C-]N.[CH2-]C[C@@H](C(=O)NCCCCCCCCCCCCCCCC)C(C)CC(=O)CCCCCCC/C=C\CCCCCCCC.[CH3-].[Li+]. The van der Waals surface area contributed by atoms with Gasteiger partial charge in [-0.3, -0.25) is 9.59 Å². The molecule has 0 aromatic heterocycles. The molecule has 0 aliphatic rings. The summed E-state index contributed by atoms with van der Waals surface area (Å²) >= 11 is 0. The van der Waals surface area contributed by atoms with Crippen LogP contribution in [0.4, 0.5) is 0 Å². The van der Waals surface area contributed by atoms with Crippen LogP contribution in [-0.2, 0) is 9.59 Å². The normalized spacial score (nSPS) is 11.9. The number of Topliss-reactive ketones (excluding diaryl/α,β-unsaturated/α-hetero) is 1. The molecule has 5 nitrogen and oxygen atoms in total. The van der Waals surface area contributed by atoms with E-state index in [1.807, 2.05) is 0 Å². The molecule has 0 saturated carbocycles. The zero-order chi connectivity index (χ0) is 35.1. The molecule has 286 valence electrons. The first-order chi connectivity index (χ1) is 23.0. The maximum atomic E-state index is 12.8. The Morgan fingerprint density at radius 2 is 1.02 bits per heavy atom. The predicted octanol–water partition coefficient (Wildman–Crippen LogP) is 9.94. The molecule has 0 rings (SSSR count). The van der Waals surface area contributed by atoms with E-state index < -0.39 is 0 Å². The molecule has 0 aromatic carbocycles. The van der Waals surface area contributed by atoms with Gasteiger partial charge in [-0.2, -0.15) is 6.42 Å². The van der Waals surface area contributed by atoms with Gasteiger partial charge in [0.1, 0.15) is 5.78 Å². The van der Waals surface area contributed by atoms with E-state index in [1.54, 1.807) is 0 Å². The van der Waals surface area contributed by atoms with E-state index >= 15 is 0 Å².